The Morgan fingerprint density at radius 2 is 2.00 bits per heavy atom. The van der Waals surface area contributed by atoms with Gasteiger partial charge < -0.3 is 14.8 Å². The summed E-state index contributed by atoms with van der Waals surface area (Å²) in [6, 6.07) is 8.05. The maximum absolute atomic E-state index is 11.7. The van der Waals surface area contributed by atoms with Crippen molar-refractivity contribution in [2.24, 2.45) is 0 Å². The van der Waals surface area contributed by atoms with Gasteiger partial charge in [0.25, 0.3) is 5.91 Å². The molecular weight excluding hydrogens is 328 g/mol. The summed E-state index contributed by atoms with van der Waals surface area (Å²) in [4.78, 5) is 27.7. The predicted octanol–water partition coefficient (Wildman–Crippen LogP) is 2.41. The van der Waals surface area contributed by atoms with Crippen LogP contribution in [0, 0.1) is 0 Å². The number of esters is 1. The molecule has 1 fully saturated rings. The van der Waals surface area contributed by atoms with Crippen molar-refractivity contribution in [3.05, 3.63) is 29.3 Å². The molecule has 0 spiro atoms. The van der Waals surface area contributed by atoms with E-state index < -0.39 is 5.97 Å². The molecule has 128 valence electrons. The van der Waals surface area contributed by atoms with Crippen molar-refractivity contribution in [1.82, 2.24) is 10.3 Å². The Labute approximate surface area is 144 Å². The fourth-order valence-corrected chi connectivity index (χ4v) is 3.64. The molecule has 1 aliphatic carbocycles. The molecule has 1 aromatic carbocycles. The van der Waals surface area contributed by atoms with E-state index in [0.29, 0.717) is 0 Å². The summed E-state index contributed by atoms with van der Waals surface area (Å²) >= 11 is 1.53. The van der Waals surface area contributed by atoms with Gasteiger partial charge in [0.15, 0.2) is 6.61 Å². The van der Waals surface area contributed by atoms with Crippen molar-refractivity contribution in [3.63, 3.8) is 0 Å². The topological polar surface area (TPSA) is 77.5 Å². The molecule has 7 heteroatoms. The van der Waals surface area contributed by atoms with Gasteiger partial charge in [-0.05, 0) is 25.0 Å². The monoisotopic (exact) mass is 348 g/mol. The Hall–Kier alpha value is -1.99. The van der Waals surface area contributed by atoms with Crippen molar-refractivity contribution in [2.45, 2.75) is 38.3 Å². The molecule has 1 aliphatic rings. The van der Waals surface area contributed by atoms with E-state index >= 15 is 0 Å². The number of fused-ring (bicyclic) bond motifs is 1. The average Bonchev–Trinajstić information content (AvgIpc) is 3.21. The minimum atomic E-state index is -0.544. The normalized spacial score (nSPS) is 14.8. The van der Waals surface area contributed by atoms with Crippen molar-refractivity contribution < 1.29 is 19.1 Å². The van der Waals surface area contributed by atoms with Gasteiger partial charge in [0.2, 0.25) is 0 Å². The third-order valence-corrected chi connectivity index (χ3v) is 4.88. The Morgan fingerprint density at radius 1 is 1.21 bits per heavy atom. The molecule has 0 bridgehead atoms. The van der Waals surface area contributed by atoms with Crippen LogP contribution in [0.2, 0.25) is 0 Å². The minimum absolute atomic E-state index is 0.188. The highest BCUT2D eigenvalue weighted by molar-refractivity contribution is 7.18. The van der Waals surface area contributed by atoms with Gasteiger partial charge in [-0.3, -0.25) is 4.79 Å². The van der Waals surface area contributed by atoms with Crippen LogP contribution in [-0.2, 0) is 25.7 Å². The second-order valence-electron chi connectivity index (χ2n) is 5.78. The molecule has 0 saturated heterocycles. The molecular formula is C17H20N2O4S. The van der Waals surface area contributed by atoms with Gasteiger partial charge >= 0.3 is 5.97 Å². The Kier molecular flexibility index (Phi) is 5.77. The van der Waals surface area contributed by atoms with E-state index in [0.717, 1.165) is 40.9 Å². The number of benzene rings is 1. The standard InChI is InChI=1S/C17H20N2O4S/c20-15(18-12-5-1-2-6-12)9-23-17(21)11-22-10-16-19-13-7-3-4-8-14(13)24-16/h3-4,7-8,12H,1-2,5-6,9-11H2,(H,18,20). The van der Waals surface area contributed by atoms with Crippen LogP contribution in [-0.4, -0.2) is 36.1 Å². The zero-order valence-electron chi connectivity index (χ0n) is 13.3. The number of thiazole rings is 1. The average molecular weight is 348 g/mol. The third-order valence-electron chi connectivity index (χ3n) is 3.87. The van der Waals surface area contributed by atoms with E-state index in [2.05, 4.69) is 10.3 Å². The van der Waals surface area contributed by atoms with Gasteiger partial charge in [0.05, 0.1) is 16.8 Å². The summed E-state index contributed by atoms with van der Waals surface area (Å²) in [5, 5.41) is 3.67. The SMILES string of the molecule is O=C(COC(=O)COCc1nc2ccccc2s1)NC1CCCC1. The molecule has 0 unspecified atom stereocenters. The smallest absolute Gasteiger partial charge is 0.332 e. The van der Waals surface area contributed by atoms with E-state index in [-0.39, 0.29) is 31.8 Å². The molecule has 24 heavy (non-hydrogen) atoms. The van der Waals surface area contributed by atoms with Crippen LogP contribution < -0.4 is 5.32 Å². The number of carbonyl (C=O) groups is 2. The number of rotatable bonds is 7. The van der Waals surface area contributed by atoms with Gasteiger partial charge in [-0.25, -0.2) is 9.78 Å². The summed E-state index contributed by atoms with van der Waals surface area (Å²) in [5.74, 6) is -0.792. The van der Waals surface area contributed by atoms with Gasteiger partial charge in [0, 0.05) is 6.04 Å². The molecule has 2 aromatic rings. The first kappa shape index (κ1) is 16.9. The number of hydrogen-bond acceptors (Lipinski definition) is 6. The summed E-state index contributed by atoms with van der Waals surface area (Å²) in [6.07, 6.45) is 4.30. The fourth-order valence-electron chi connectivity index (χ4n) is 2.73. The summed E-state index contributed by atoms with van der Waals surface area (Å²) in [7, 11) is 0. The quantitative estimate of drug-likeness (QED) is 0.778. The zero-order chi connectivity index (χ0) is 16.8. The number of para-hydroxylation sites is 1. The van der Waals surface area contributed by atoms with Crippen LogP contribution in [0.15, 0.2) is 24.3 Å². The number of ether oxygens (including phenoxy) is 2. The van der Waals surface area contributed by atoms with Crippen molar-refractivity contribution in [2.75, 3.05) is 13.2 Å². The van der Waals surface area contributed by atoms with Crippen LogP contribution in [0.4, 0.5) is 0 Å². The second-order valence-corrected chi connectivity index (χ2v) is 6.89. The molecule has 1 amide bonds. The lowest BCUT2D eigenvalue weighted by molar-refractivity contribution is -0.153. The lowest BCUT2D eigenvalue weighted by atomic mass is 10.2. The maximum atomic E-state index is 11.7. The van der Waals surface area contributed by atoms with Gasteiger partial charge in [-0.1, -0.05) is 25.0 Å². The molecule has 1 saturated carbocycles. The summed E-state index contributed by atoms with van der Waals surface area (Å²) in [5.41, 5.74) is 0.923. The van der Waals surface area contributed by atoms with Crippen LogP contribution in [0.25, 0.3) is 10.2 Å². The highest BCUT2D eigenvalue weighted by Gasteiger charge is 2.17. The fraction of sp³-hybridized carbons (Fsp3) is 0.471. The molecule has 3 rings (SSSR count). The maximum Gasteiger partial charge on any atom is 0.332 e. The summed E-state index contributed by atoms with van der Waals surface area (Å²) < 4.78 is 11.3. The van der Waals surface area contributed by atoms with E-state index in [4.69, 9.17) is 9.47 Å². The highest BCUT2D eigenvalue weighted by Crippen LogP contribution is 2.21. The lowest BCUT2D eigenvalue weighted by Gasteiger charge is -2.11. The zero-order valence-corrected chi connectivity index (χ0v) is 14.1. The van der Waals surface area contributed by atoms with Gasteiger partial charge in [-0.15, -0.1) is 11.3 Å². The molecule has 0 atom stereocenters. The van der Waals surface area contributed by atoms with E-state index in [1.165, 1.54) is 11.3 Å². The third kappa shape index (κ3) is 4.75. The first-order chi connectivity index (χ1) is 11.7. The van der Waals surface area contributed by atoms with Crippen molar-refractivity contribution >= 4 is 33.4 Å². The van der Waals surface area contributed by atoms with Crippen molar-refractivity contribution in [1.29, 1.82) is 0 Å². The second kappa shape index (κ2) is 8.21. The number of carbonyl (C=O) groups excluding carboxylic acids is 2. The predicted molar refractivity (Wildman–Crippen MR) is 90.6 cm³/mol. The van der Waals surface area contributed by atoms with Crippen LogP contribution in [0.1, 0.15) is 30.7 Å². The number of amides is 1. The number of nitrogens with one attached hydrogen (secondary N) is 1. The van der Waals surface area contributed by atoms with Gasteiger partial charge in [0.1, 0.15) is 11.6 Å². The lowest BCUT2D eigenvalue weighted by Crippen LogP contribution is -2.36. The molecule has 6 nitrogen and oxygen atoms in total. The van der Waals surface area contributed by atoms with Crippen LogP contribution in [0.5, 0.6) is 0 Å². The first-order valence-corrected chi connectivity index (χ1v) is 8.89. The molecule has 0 radical (unpaired) electrons. The van der Waals surface area contributed by atoms with Crippen molar-refractivity contribution in [3.8, 4) is 0 Å². The largest absolute Gasteiger partial charge is 0.454 e. The van der Waals surface area contributed by atoms with E-state index in [1.807, 2.05) is 24.3 Å². The minimum Gasteiger partial charge on any atom is -0.454 e. The number of hydrogen-bond donors (Lipinski definition) is 1. The summed E-state index contributed by atoms with van der Waals surface area (Å²) in [6.45, 7) is -0.185. The highest BCUT2D eigenvalue weighted by atomic mass is 32.1. The first-order valence-electron chi connectivity index (χ1n) is 8.08. The number of aromatic nitrogens is 1. The van der Waals surface area contributed by atoms with Gasteiger partial charge in [-0.2, -0.15) is 0 Å². The molecule has 0 aliphatic heterocycles. The number of nitrogens with zero attached hydrogens (tertiary/aromatic N) is 1. The van der Waals surface area contributed by atoms with E-state index in [9.17, 15) is 9.59 Å². The molecule has 1 heterocycles. The Morgan fingerprint density at radius 3 is 2.79 bits per heavy atom. The Bertz CT molecular complexity index is 676. The van der Waals surface area contributed by atoms with Crippen LogP contribution in [0.3, 0.4) is 0 Å². The Balaban J connectivity index is 1.34. The molecule has 1 aromatic heterocycles. The van der Waals surface area contributed by atoms with Crippen LogP contribution >= 0.6 is 11.3 Å². The molecule has 1 N–H and O–H groups in total. The van der Waals surface area contributed by atoms with E-state index in [1.54, 1.807) is 0 Å².